The standard InChI is InChI=1S/C17H17N3O3S/c1-24-17-19-15(14(10-18)16(21)20-17)11-2-4-12(5-3-11)23-13-6-8-22-9-7-13/h2-5,13H,6-9H2,1H3,(H,19,20,21). The molecule has 124 valence electrons. The lowest BCUT2D eigenvalue weighted by atomic mass is 10.1. The van der Waals surface area contributed by atoms with E-state index in [1.807, 2.05) is 36.6 Å². The molecule has 0 unspecified atom stereocenters. The van der Waals surface area contributed by atoms with E-state index in [1.54, 1.807) is 0 Å². The van der Waals surface area contributed by atoms with Crippen molar-refractivity contribution in [2.75, 3.05) is 19.5 Å². The van der Waals surface area contributed by atoms with Crippen LogP contribution in [0.25, 0.3) is 11.3 Å². The van der Waals surface area contributed by atoms with Gasteiger partial charge < -0.3 is 14.5 Å². The fraction of sp³-hybridized carbons (Fsp3) is 0.353. The Labute approximate surface area is 143 Å². The molecule has 0 radical (unpaired) electrons. The number of hydrogen-bond acceptors (Lipinski definition) is 6. The summed E-state index contributed by atoms with van der Waals surface area (Å²) < 4.78 is 11.3. The fourth-order valence-corrected chi connectivity index (χ4v) is 2.92. The number of nitriles is 1. The molecule has 1 N–H and O–H groups in total. The summed E-state index contributed by atoms with van der Waals surface area (Å²) in [7, 11) is 0. The minimum atomic E-state index is -0.422. The van der Waals surface area contributed by atoms with Gasteiger partial charge in [0.25, 0.3) is 5.56 Å². The van der Waals surface area contributed by atoms with Gasteiger partial charge >= 0.3 is 0 Å². The Morgan fingerprint density at radius 1 is 1.33 bits per heavy atom. The van der Waals surface area contributed by atoms with Crippen molar-refractivity contribution in [3.05, 3.63) is 40.2 Å². The van der Waals surface area contributed by atoms with E-state index < -0.39 is 5.56 Å². The van der Waals surface area contributed by atoms with E-state index in [9.17, 15) is 10.1 Å². The molecule has 1 aromatic heterocycles. The molecule has 0 aliphatic carbocycles. The first kappa shape index (κ1) is 16.6. The van der Waals surface area contributed by atoms with Crippen molar-refractivity contribution in [1.82, 2.24) is 9.97 Å². The van der Waals surface area contributed by atoms with Gasteiger partial charge in [0.05, 0.1) is 18.9 Å². The number of rotatable bonds is 4. The fourth-order valence-electron chi connectivity index (χ4n) is 2.54. The molecule has 0 bridgehead atoms. The topological polar surface area (TPSA) is 88.0 Å². The Kier molecular flexibility index (Phi) is 5.18. The van der Waals surface area contributed by atoms with Crippen LogP contribution in [0.5, 0.6) is 5.75 Å². The van der Waals surface area contributed by atoms with Crippen LogP contribution >= 0.6 is 11.8 Å². The molecule has 0 amide bonds. The third-order valence-electron chi connectivity index (χ3n) is 3.80. The van der Waals surface area contributed by atoms with Gasteiger partial charge in [-0.15, -0.1) is 0 Å². The van der Waals surface area contributed by atoms with E-state index in [-0.39, 0.29) is 11.7 Å². The van der Waals surface area contributed by atoms with Gasteiger partial charge in [-0.1, -0.05) is 11.8 Å². The zero-order valence-electron chi connectivity index (χ0n) is 13.2. The highest BCUT2D eigenvalue weighted by molar-refractivity contribution is 7.98. The normalized spacial score (nSPS) is 15.0. The van der Waals surface area contributed by atoms with Crippen LogP contribution < -0.4 is 10.3 Å². The van der Waals surface area contributed by atoms with E-state index in [1.165, 1.54) is 11.8 Å². The number of ether oxygens (including phenoxy) is 2. The summed E-state index contributed by atoms with van der Waals surface area (Å²) in [5, 5.41) is 9.72. The lowest BCUT2D eigenvalue weighted by Crippen LogP contribution is -2.25. The average molecular weight is 343 g/mol. The van der Waals surface area contributed by atoms with Crippen LogP contribution in [0.3, 0.4) is 0 Å². The molecule has 3 rings (SSSR count). The van der Waals surface area contributed by atoms with Crippen LogP contribution in [0.1, 0.15) is 18.4 Å². The quantitative estimate of drug-likeness (QED) is 0.678. The van der Waals surface area contributed by atoms with Crippen LogP contribution in [-0.4, -0.2) is 35.5 Å². The number of thioether (sulfide) groups is 1. The number of aromatic amines is 1. The van der Waals surface area contributed by atoms with Gasteiger partial charge in [-0.25, -0.2) is 4.98 Å². The molecule has 1 aliphatic rings. The molecule has 1 aliphatic heterocycles. The highest BCUT2D eigenvalue weighted by Crippen LogP contribution is 2.25. The monoisotopic (exact) mass is 343 g/mol. The summed E-state index contributed by atoms with van der Waals surface area (Å²) in [4.78, 5) is 18.9. The highest BCUT2D eigenvalue weighted by Gasteiger charge is 2.16. The highest BCUT2D eigenvalue weighted by atomic mass is 32.2. The van der Waals surface area contributed by atoms with Crippen LogP contribution in [0.4, 0.5) is 0 Å². The third kappa shape index (κ3) is 3.61. The Morgan fingerprint density at radius 2 is 2.04 bits per heavy atom. The van der Waals surface area contributed by atoms with Gasteiger partial charge in [0.15, 0.2) is 5.16 Å². The maximum Gasteiger partial charge on any atom is 0.270 e. The van der Waals surface area contributed by atoms with Crippen molar-refractivity contribution in [2.24, 2.45) is 0 Å². The van der Waals surface area contributed by atoms with E-state index >= 15 is 0 Å². The maximum absolute atomic E-state index is 12.0. The number of hydrogen-bond donors (Lipinski definition) is 1. The molecule has 2 aromatic rings. The van der Waals surface area contributed by atoms with Gasteiger partial charge in [-0.2, -0.15) is 5.26 Å². The van der Waals surface area contributed by atoms with Crippen molar-refractivity contribution in [2.45, 2.75) is 24.1 Å². The molecule has 1 fully saturated rings. The lowest BCUT2D eigenvalue weighted by molar-refractivity contribution is 0.0256. The van der Waals surface area contributed by atoms with Crippen molar-refractivity contribution in [3.63, 3.8) is 0 Å². The predicted molar refractivity (Wildman–Crippen MR) is 91.3 cm³/mol. The van der Waals surface area contributed by atoms with Gasteiger partial charge in [0.2, 0.25) is 0 Å². The Bertz CT molecular complexity index is 805. The number of nitrogens with zero attached hydrogens (tertiary/aromatic N) is 2. The molecule has 0 atom stereocenters. The summed E-state index contributed by atoms with van der Waals surface area (Å²) in [6, 6.07) is 9.26. The van der Waals surface area contributed by atoms with Crippen LogP contribution in [0.15, 0.2) is 34.2 Å². The molecule has 2 heterocycles. The van der Waals surface area contributed by atoms with Crippen LogP contribution in [-0.2, 0) is 4.74 Å². The molecule has 0 saturated carbocycles. The molecule has 0 spiro atoms. The second kappa shape index (κ2) is 7.51. The molecule has 6 nitrogen and oxygen atoms in total. The third-order valence-corrected chi connectivity index (χ3v) is 4.38. The van der Waals surface area contributed by atoms with Gasteiger partial charge in [-0.3, -0.25) is 4.79 Å². The van der Waals surface area contributed by atoms with E-state index in [4.69, 9.17) is 9.47 Å². The molecular weight excluding hydrogens is 326 g/mol. The number of nitrogens with one attached hydrogen (secondary N) is 1. The number of aromatic nitrogens is 2. The first-order chi connectivity index (χ1) is 11.7. The Balaban J connectivity index is 1.86. The molecule has 1 saturated heterocycles. The molecule has 24 heavy (non-hydrogen) atoms. The second-order valence-corrected chi connectivity index (χ2v) is 6.16. The molecule has 1 aromatic carbocycles. The summed E-state index contributed by atoms with van der Waals surface area (Å²) >= 11 is 1.32. The Hall–Kier alpha value is -2.30. The first-order valence-electron chi connectivity index (χ1n) is 7.64. The Morgan fingerprint density at radius 3 is 2.67 bits per heavy atom. The minimum absolute atomic E-state index is 0.0193. The van der Waals surface area contributed by atoms with E-state index in [2.05, 4.69) is 9.97 Å². The lowest BCUT2D eigenvalue weighted by Gasteiger charge is -2.23. The first-order valence-corrected chi connectivity index (χ1v) is 8.87. The van der Waals surface area contributed by atoms with Crippen molar-refractivity contribution >= 4 is 11.8 Å². The minimum Gasteiger partial charge on any atom is -0.490 e. The maximum atomic E-state index is 12.0. The van der Waals surface area contributed by atoms with E-state index in [0.29, 0.717) is 16.4 Å². The van der Waals surface area contributed by atoms with E-state index in [0.717, 1.165) is 31.8 Å². The largest absolute Gasteiger partial charge is 0.490 e. The number of H-pyrrole nitrogens is 1. The summed E-state index contributed by atoms with van der Waals surface area (Å²) in [5.41, 5.74) is 0.704. The number of benzene rings is 1. The van der Waals surface area contributed by atoms with Crippen LogP contribution in [0, 0.1) is 11.3 Å². The summed E-state index contributed by atoms with van der Waals surface area (Å²) in [6.07, 6.45) is 3.75. The van der Waals surface area contributed by atoms with Crippen molar-refractivity contribution in [1.29, 1.82) is 5.26 Å². The smallest absolute Gasteiger partial charge is 0.270 e. The predicted octanol–water partition coefficient (Wildman–Crippen LogP) is 2.59. The zero-order chi connectivity index (χ0) is 16.9. The molecule has 7 heteroatoms. The average Bonchev–Trinajstić information content (AvgIpc) is 2.62. The van der Waals surface area contributed by atoms with Crippen molar-refractivity contribution < 1.29 is 9.47 Å². The SMILES string of the molecule is CSc1nc(-c2ccc(OC3CCOCC3)cc2)c(C#N)c(=O)[nH]1. The van der Waals surface area contributed by atoms with Crippen molar-refractivity contribution in [3.8, 4) is 23.1 Å². The summed E-state index contributed by atoms with van der Waals surface area (Å²) in [5.74, 6) is 0.763. The van der Waals surface area contributed by atoms with Crippen LogP contribution in [0.2, 0.25) is 0 Å². The van der Waals surface area contributed by atoms with Gasteiger partial charge in [0.1, 0.15) is 23.5 Å². The zero-order valence-corrected chi connectivity index (χ0v) is 14.1. The van der Waals surface area contributed by atoms with Gasteiger partial charge in [0, 0.05) is 18.4 Å². The van der Waals surface area contributed by atoms with Gasteiger partial charge in [-0.05, 0) is 30.5 Å². The molecular formula is C17H17N3O3S. The summed E-state index contributed by atoms with van der Waals surface area (Å²) in [6.45, 7) is 1.45. The second-order valence-electron chi connectivity index (χ2n) is 5.36.